The van der Waals surface area contributed by atoms with Crippen molar-refractivity contribution in [3.8, 4) is 0 Å². The second kappa shape index (κ2) is 8.55. The molecule has 0 radical (unpaired) electrons. The number of hydrogen-bond acceptors (Lipinski definition) is 5. The first-order valence-electron chi connectivity index (χ1n) is 8.54. The minimum Gasteiger partial charge on any atom is -0.448 e. The van der Waals surface area contributed by atoms with Gasteiger partial charge in [-0.3, -0.25) is 19.3 Å². The molecule has 0 bridgehead atoms. The number of thiol groups is 1. The lowest BCUT2D eigenvalue weighted by atomic mass is 9.97. The molecular weight excluding hydrogens is 346 g/mol. The Morgan fingerprint density at radius 2 is 2.12 bits per heavy atom. The summed E-state index contributed by atoms with van der Waals surface area (Å²) in [5.41, 5.74) is 0. The van der Waals surface area contributed by atoms with Gasteiger partial charge < -0.3 is 15.4 Å². The number of carbonyl (C=O) groups excluding carboxylic acids is 4. The standard InChI is InChI=1S/C16H25N3O5S/c1-9(2)7-12(19-5-6-24-16(19)23)14(21)18-11(15(22)25)8-10-3-4-17-13(10)20/h9-12H,3-8H2,1-2H3,(H,17,20)(H,18,21)(H,22,25)/t10-,11-,12-/m0/s1. The number of rotatable bonds is 8. The lowest BCUT2D eigenvalue weighted by Crippen LogP contribution is -2.52. The van der Waals surface area contributed by atoms with E-state index in [0.29, 0.717) is 25.9 Å². The molecular formula is C16H25N3O5S. The SMILES string of the molecule is CC(C)C[C@@H](C(=O)N[C@@H](C[C@@H]1CCNC1=O)C(=O)S)N1CCOC1=O. The van der Waals surface area contributed by atoms with Gasteiger partial charge in [0.15, 0.2) is 0 Å². The van der Waals surface area contributed by atoms with Crippen LogP contribution in [0.1, 0.15) is 33.1 Å². The molecule has 3 amide bonds. The lowest BCUT2D eigenvalue weighted by molar-refractivity contribution is -0.129. The third-order valence-electron chi connectivity index (χ3n) is 4.46. The average Bonchev–Trinajstić information content (AvgIpc) is 3.12. The van der Waals surface area contributed by atoms with Crippen molar-refractivity contribution in [3.63, 3.8) is 0 Å². The van der Waals surface area contributed by atoms with Crippen LogP contribution in [0, 0.1) is 11.8 Å². The van der Waals surface area contributed by atoms with Crippen molar-refractivity contribution in [2.45, 2.75) is 45.2 Å². The highest BCUT2D eigenvalue weighted by atomic mass is 32.1. The maximum absolute atomic E-state index is 12.7. The Morgan fingerprint density at radius 1 is 1.40 bits per heavy atom. The quantitative estimate of drug-likeness (QED) is 0.533. The Hall–Kier alpha value is -1.77. The largest absolute Gasteiger partial charge is 0.448 e. The van der Waals surface area contributed by atoms with Gasteiger partial charge in [-0.2, -0.15) is 0 Å². The predicted octanol–water partition coefficient (Wildman–Crippen LogP) is 0.321. The first-order chi connectivity index (χ1) is 11.8. The zero-order valence-electron chi connectivity index (χ0n) is 14.5. The molecule has 3 atom stereocenters. The van der Waals surface area contributed by atoms with Gasteiger partial charge in [0.05, 0.1) is 12.6 Å². The van der Waals surface area contributed by atoms with E-state index in [-0.39, 0.29) is 30.8 Å². The van der Waals surface area contributed by atoms with E-state index < -0.39 is 29.2 Å². The molecule has 0 spiro atoms. The van der Waals surface area contributed by atoms with Crippen LogP contribution >= 0.6 is 12.6 Å². The topological polar surface area (TPSA) is 105 Å². The monoisotopic (exact) mass is 371 g/mol. The summed E-state index contributed by atoms with van der Waals surface area (Å²) in [7, 11) is 0. The van der Waals surface area contributed by atoms with Crippen LogP contribution in [0.5, 0.6) is 0 Å². The summed E-state index contributed by atoms with van der Waals surface area (Å²) in [5, 5.41) is 4.88. The van der Waals surface area contributed by atoms with Crippen LogP contribution in [0.2, 0.25) is 0 Å². The molecule has 25 heavy (non-hydrogen) atoms. The molecule has 0 aromatic rings. The summed E-state index contributed by atoms with van der Waals surface area (Å²) < 4.78 is 4.92. The van der Waals surface area contributed by atoms with Crippen molar-refractivity contribution in [1.82, 2.24) is 15.5 Å². The van der Waals surface area contributed by atoms with Crippen LogP contribution < -0.4 is 10.6 Å². The van der Waals surface area contributed by atoms with Gasteiger partial charge >= 0.3 is 6.09 Å². The minimum absolute atomic E-state index is 0.115. The molecule has 140 valence electrons. The van der Waals surface area contributed by atoms with Crippen molar-refractivity contribution in [1.29, 1.82) is 0 Å². The number of carbonyl (C=O) groups is 4. The highest BCUT2D eigenvalue weighted by molar-refractivity contribution is 7.96. The molecule has 2 aliphatic rings. The van der Waals surface area contributed by atoms with E-state index in [0.717, 1.165) is 0 Å². The van der Waals surface area contributed by atoms with E-state index in [1.165, 1.54) is 4.90 Å². The van der Waals surface area contributed by atoms with Crippen molar-refractivity contribution in [2.75, 3.05) is 19.7 Å². The first kappa shape index (κ1) is 19.6. The summed E-state index contributed by atoms with van der Waals surface area (Å²) in [6.07, 6.45) is 0.765. The molecule has 2 heterocycles. The van der Waals surface area contributed by atoms with Crippen LogP contribution in [-0.2, 0) is 19.1 Å². The van der Waals surface area contributed by atoms with Gasteiger partial charge in [0.2, 0.25) is 16.9 Å². The number of ether oxygens (including phenoxy) is 1. The molecule has 9 heteroatoms. The average molecular weight is 371 g/mol. The van der Waals surface area contributed by atoms with Crippen LogP contribution in [0.3, 0.4) is 0 Å². The lowest BCUT2D eigenvalue weighted by Gasteiger charge is -2.28. The Bertz CT molecular complexity index is 554. The Balaban J connectivity index is 2.06. The zero-order valence-corrected chi connectivity index (χ0v) is 15.4. The second-order valence-electron chi connectivity index (χ2n) is 6.86. The van der Waals surface area contributed by atoms with Crippen LogP contribution in [0.25, 0.3) is 0 Å². The maximum Gasteiger partial charge on any atom is 0.410 e. The molecule has 2 N–H and O–H groups in total. The van der Waals surface area contributed by atoms with E-state index in [1.807, 2.05) is 13.8 Å². The van der Waals surface area contributed by atoms with E-state index >= 15 is 0 Å². The number of nitrogens with zero attached hydrogens (tertiary/aromatic N) is 1. The highest BCUT2D eigenvalue weighted by Crippen LogP contribution is 2.20. The molecule has 8 nitrogen and oxygen atoms in total. The van der Waals surface area contributed by atoms with E-state index in [9.17, 15) is 19.2 Å². The normalized spacial score (nSPS) is 22.6. The first-order valence-corrected chi connectivity index (χ1v) is 8.98. The summed E-state index contributed by atoms with van der Waals surface area (Å²) in [6.45, 7) is 5.06. The minimum atomic E-state index is -0.863. The fourth-order valence-corrected chi connectivity index (χ4v) is 3.32. The van der Waals surface area contributed by atoms with Gasteiger partial charge in [-0.15, -0.1) is 12.6 Å². The number of nitrogens with one attached hydrogen (secondary N) is 2. The Kier molecular flexibility index (Phi) is 6.69. The smallest absolute Gasteiger partial charge is 0.410 e. The van der Waals surface area contributed by atoms with Gasteiger partial charge in [-0.25, -0.2) is 4.79 Å². The summed E-state index contributed by atoms with van der Waals surface area (Å²) in [4.78, 5) is 49.5. The van der Waals surface area contributed by atoms with Gasteiger partial charge in [0, 0.05) is 12.5 Å². The molecule has 2 aliphatic heterocycles. The van der Waals surface area contributed by atoms with Crippen LogP contribution in [-0.4, -0.2) is 59.7 Å². The fourth-order valence-electron chi connectivity index (χ4n) is 3.15. The van der Waals surface area contributed by atoms with Gasteiger partial charge in [0.25, 0.3) is 0 Å². The van der Waals surface area contributed by atoms with Crippen LogP contribution in [0.15, 0.2) is 0 Å². The molecule has 0 aromatic carbocycles. The predicted molar refractivity (Wildman–Crippen MR) is 93.0 cm³/mol. The third kappa shape index (κ3) is 5.10. The van der Waals surface area contributed by atoms with Crippen molar-refractivity contribution in [3.05, 3.63) is 0 Å². The Labute approximate surface area is 152 Å². The third-order valence-corrected chi connectivity index (χ3v) is 4.78. The number of cyclic esters (lactones) is 1. The number of hydrogen-bond donors (Lipinski definition) is 3. The van der Waals surface area contributed by atoms with E-state index in [4.69, 9.17) is 4.74 Å². The van der Waals surface area contributed by atoms with E-state index in [1.54, 1.807) is 0 Å². The Morgan fingerprint density at radius 3 is 2.60 bits per heavy atom. The van der Waals surface area contributed by atoms with Gasteiger partial charge in [0.1, 0.15) is 12.6 Å². The molecule has 0 aromatic heterocycles. The van der Waals surface area contributed by atoms with E-state index in [2.05, 4.69) is 23.3 Å². The zero-order chi connectivity index (χ0) is 18.6. The highest BCUT2D eigenvalue weighted by Gasteiger charge is 2.37. The molecule has 2 rings (SSSR count). The fraction of sp³-hybridized carbons (Fsp3) is 0.750. The molecule has 2 saturated heterocycles. The van der Waals surface area contributed by atoms with Gasteiger partial charge in [-0.05, 0) is 25.2 Å². The summed E-state index contributed by atoms with van der Waals surface area (Å²) in [6, 6.07) is -1.57. The van der Waals surface area contributed by atoms with Gasteiger partial charge in [-0.1, -0.05) is 13.8 Å². The maximum atomic E-state index is 12.7. The number of amides is 3. The summed E-state index contributed by atoms with van der Waals surface area (Å²) >= 11 is 3.85. The molecule has 2 fully saturated rings. The van der Waals surface area contributed by atoms with Crippen molar-refractivity contribution < 1.29 is 23.9 Å². The van der Waals surface area contributed by atoms with Crippen LogP contribution in [0.4, 0.5) is 4.79 Å². The molecule has 0 unspecified atom stereocenters. The van der Waals surface area contributed by atoms with Crippen molar-refractivity contribution >= 4 is 35.7 Å². The second-order valence-corrected chi connectivity index (χ2v) is 7.31. The summed E-state index contributed by atoms with van der Waals surface area (Å²) in [5.74, 6) is -0.675. The molecule has 0 aliphatic carbocycles. The molecule has 0 saturated carbocycles. The van der Waals surface area contributed by atoms with Crippen molar-refractivity contribution in [2.24, 2.45) is 11.8 Å².